The summed E-state index contributed by atoms with van der Waals surface area (Å²) in [5.41, 5.74) is 1.96. The number of nitrogens with two attached hydrogens (primary N) is 1. The van der Waals surface area contributed by atoms with Gasteiger partial charge in [-0.25, -0.2) is 0 Å². The Kier molecular flexibility index (Phi) is 5.67. The van der Waals surface area contributed by atoms with Gasteiger partial charge in [0, 0.05) is 29.4 Å². The summed E-state index contributed by atoms with van der Waals surface area (Å²) < 4.78 is 0. The highest BCUT2D eigenvalue weighted by molar-refractivity contribution is 6.25. The SMILES string of the molecule is C[C@H]1c2c(-c3cnccn3)ccc(O)c2C(=O)C2=C(O)[C@]3(O)C(=O)C(C(N)=O)=C(O)[C@@H](N(C)C)[C@@H]3[C@@H](O)[C@@H]21. The largest absolute Gasteiger partial charge is 0.510 e. The molecule has 12 heteroatoms. The Bertz CT molecular complexity index is 1470. The van der Waals surface area contributed by atoms with E-state index in [1.807, 2.05) is 0 Å². The molecule has 0 saturated carbocycles. The number of hydrogen-bond donors (Lipinski definition) is 6. The predicted octanol–water partition coefficient (Wildman–Crippen LogP) is 0.109. The lowest BCUT2D eigenvalue weighted by atomic mass is 9.55. The van der Waals surface area contributed by atoms with E-state index >= 15 is 0 Å². The molecule has 5 rings (SSSR count). The molecule has 38 heavy (non-hydrogen) atoms. The summed E-state index contributed by atoms with van der Waals surface area (Å²) >= 11 is 0. The summed E-state index contributed by atoms with van der Waals surface area (Å²) in [5.74, 6) is -9.45. The van der Waals surface area contributed by atoms with Gasteiger partial charge >= 0.3 is 0 Å². The number of phenolic OH excluding ortho intramolecular Hbond substituents is 1. The topological polar surface area (TPSA) is 207 Å². The smallest absolute Gasteiger partial charge is 0.255 e. The van der Waals surface area contributed by atoms with Crippen LogP contribution in [0.25, 0.3) is 11.3 Å². The van der Waals surface area contributed by atoms with Crippen LogP contribution in [0.4, 0.5) is 0 Å². The monoisotopic (exact) mass is 522 g/mol. The zero-order valence-corrected chi connectivity index (χ0v) is 20.7. The normalized spacial score (nSPS) is 30.7. The van der Waals surface area contributed by atoms with Crippen molar-refractivity contribution in [3.8, 4) is 17.0 Å². The Hall–Kier alpha value is -4.13. The lowest BCUT2D eigenvalue weighted by Crippen LogP contribution is -2.68. The van der Waals surface area contributed by atoms with Crippen LogP contribution in [0.3, 0.4) is 0 Å². The van der Waals surface area contributed by atoms with Gasteiger partial charge in [-0.3, -0.25) is 29.3 Å². The number of rotatable bonds is 3. The third-order valence-corrected chi connectivity index (χ3v) is 7.95. The van der Waals surface area contributed by atoms with Crippen molar-refractivity contribution in [3.63, 3.8) is 0 Å². The molecule has 1 aromatic carbocycles. The van der Waals surface area contributed by atoms with Crippen molar-refractivity contribution in [2.45, 2.75) is 30.6 Å². The fourth-order valence-corrected chi connectivity index (χ4v) is 6.37. The van der Waals surface area contributed by atoms with E-state index in [1.165, 1.54) is 43.7 Å². The first-order valence-electron chi connectivity index (χ1n) is 11.8. The van der Waals surface area contributed by atoms with Gasteiger partial charge in [-0.1, -0.05) is 6.92 Å². The summed E-state index contributed by atoms with van der Waals surface area (Å²) in [5, 5.41) is 56.5. The average molecular weight is 523 g/mol. The fraction of sp³-hybridized carbons (Fsp3) is 0.346. The number of Topliss-reactive ketones (excluding diaryl/α,β-unsaturated/α-hetero) is 2. The van der Waals surface area contributed by atoms with Crippen LogP contribution in [0.1, 0.15) is 28.8 Å². The van der Waals surface area contributed by atoms with E-state index in [1.54, 1.807) is 13.0 Å². The summed E-state index contributed by atoms with van der Waals surface area (Å²) in [6.07, 6.45) is 2.72. The lowest BCUT2D eigenvalue weighted by molar-refractivity contribution is -0.162. The first-order valence-corrected chi connectivity index (χ1v) is 11.8. The highest BCUT2D eigenvalue weighted by Crippen LogP contribution is 2.56. The highest BCUT2D eigenvalue weighted by Gasteiger charge is 2.67. The minimum Gasteiger partial charge on any atom is -0.510 e. The van der Waals surface area contributed by atoms with Crippen molar-refractivity contribution >= 4 is 17.5 Å². The molecule has 3 aliphatic carbocycles. The molecule has 0 unspecified atom stereocenters. The van der Waals surface area contributed by atoms with E-state index in [2.05, 4.69) is 9.97 Å². The first-order chi connectivity index (χ1) is 17.8. The molecule has 3 aliphatic rings. The number of nitrogens with zero attached hydrogens (tertiary/aromatic N) is 3. The molecule has 1 aromatic heterocycles. The quantitative estimate of drug-likeness (QED) is 0.298. The molecule has 0 radical (unpaired) electrons. The van der Waals surface area contributed by atoms with E-state index in [-0.39, 0.29) is 5.56 Å². The van der Waals surface area contributed by atoms with Crippen molar-refractivity contribution in [1.82, 2.24) is 14.9 Å². The van der Waals surface area contributed by atoms with E-state index in [4.69, 9.17) is 5.73 Å². The Morgan fingerprint density at radius 2 is 1.82 bits per heavy atom. The molecule has 1 heterocycles. The second kappa shape index (κ2) is 8.45. The van der Waals surface area contributed by atoms with Crippen LogP contribution in [-0.2, 0) is 9.59 Å². The molecule has 6 atom stereocenters. The van der Waals surface area contributed by atoms with Gasteiger partial charge in [-0.15, -0.1) is 0 Å². The van der Waals surface area contributed by atoms with Crippen molar-refractivity contribution < 1.29 is 39.9 Å². The third kappa shape index (κ3) is 3.11. The summed E-state index contributed by atoms with van der Waals surface area (Å²) in [4.78, 5) is 49.1. The number of carbonyl (C=O) groups excluding carboxylic acids is 3. The predicted molar refractivity (Wildman–Crippen MR) is 131 cm³/mol. The Labute approximate surface area is 216 Å². The number of amides is 1. The number of primary amides is 1. The van der Waals surface area contributed by atoms with Gasteiger partial charge in [0.2, 0.25) is 5.78 Å². The van der Waals surface area contributed by atoms with E-state index < -0.39 is 81.4 Å². The standard InChI is InChI=1S/C26H26N4O8/c1-9-13-10(11-8-28-6-7-29-11)4-5-12(31)15(13)20(32)16-14(9)21(33)18-19(30(2)3)22(34)17(25(27)37)24(36)26(18,38)23(16)35/h4-9,14,18-19,21,31,33-35,38H,1-3H3,(H2,27,37)/t9-,14+,18+,19-,21-,26-/m0/s1. The molecule has 198 valence electrons. The number of aliphatic hydroxyl groups excluding tert-OH is 3. The maximum Gasteiger partial charge on any atom is 0.255 e. The number of likely N-dealkylation sites (N-methyl/N-ethyl adjacent to an activating group) is 1. The average Bonchev–Trinajstić information content (AvgIpc) is 2.86. The second-order valence-corrected chi connectivity index (χ2v) is 10.1. The van der Waals surface area contributed by atoms with Crippen LogP contribution in [0.15, 0.2) is 53.4 Å². The third-order valence-electron chi connectivity index (χ3n) is 7.95. The molecule has 12 nitrogen and oxygen atoms in total. The van der Waals surface area contributed by atoms with Gasteiger partial charge in [0.1, 0.15) is 22.8 Å². The summed E-state index contributed by atoms with van der Waals surface area (Å²) in [7, 11) is 2.96. The van der Waals surface area contributed by atoms with Crippen LogP contribution >= 0.6 is 0 Å². The van der Waals surface area contributed by atoms with Gasteiger partial charge in [0.25, 0.3) is 5.91 Å². The Morgan fingerprint density at radius 1 is 1.13 bits per heavy atom. The molecule has 0 bridgehead atoms. The molecular weight excluding hydrogens is 496 g/mol. The zero-order valence-electron chi connectivity index (χ0n) is 20.7. The molecule has 0 aliphatic heterocycles. The lowest BCUT2D eigenvalue weighted by Gasteiger charge is -2.53. The van der Waals surface area contributed by atoms with Crippen molar-refractivity contribution in [2.75, 3.05) is 14.1 Å². The van der Waals surface area contributed by atoms with Crippen LogP contribution in [0, 0.1) is 11.8 Å². The molecular formula is C26H26N4O8. The van der Waals surface area contributed by atoms with Crippen molar-refractivity contribution in [1.29, 1.82) is 0 Å². The van der Waals surface area contributed by atoms with Gasteiger partial charge in [-0.05, 0) is 37.7 Å². The summed E-state index contributed by atoms with van der Waals surface area (Å²) in [6.45, 7) is 1.66. The number of aliphatic hydroxyl groups is 4. The van der Waals surface area contributed by atoms with E-state index in [0.29, 0.717) is 16.8 Å². The number of phenols is 1. The molecule has 7 N–H and O–H groups in total. The van der Waals surface area contributed by atoms with Gasteiger partial charge in [0.05, 0.1) is 35.5 Å². The molecule has 0 fully saturated rings. The van der Waals surface area contributed by atoms with Crippen LogP contribution < -0.4 is 5.73 Å². The van der Waals surface area contributed by atoms with Gasteiger partial charge < -0.3 is 31.3 Å². The van der Waals surface area contributed by atoms with Crippen molar-refractivity contribution in [3.05, 3.63) is 64.5 Å². The summed E-state index contributed by atoms with van der Waals surface area (Å²) in [6, 6.07) is 1.51. The number of benzene rings is 1. The number of ketones is 2. The maximum atomic E-state index is 13.9. The van der Waals surface area contributed by atoms with Crippen LogP contribution in [0.2, 0.25) is 0 Å². The number of fused-ring (bicyclic) bond motifs is 3. The molecule has 2 aromatic rings. The van der Waals surface area contributed by atoms with Crippen LogP contribution in [0.5, 0.6) is 5.75 Å². The minimum atomic E-state index is -2.96. The second-order valence-electron chi connectivity index (χ2n) is 10.1. The maximum absolute atomic E-state index is 13.9. The Balaban J connectivity index is 1.82. The van der Waals surface area contributed by atoms with Crippen molar-refractivity contribution in [2.24, 2.45) is 17.6 Å². The van der Waals surface area contributed by atoms with Crippen LogP contribution in [-0.4, -0.2) is 89.7 Å². The molecule has 0 saturated heterocycles. The Morgan fingerprint density at radius 3 is 2.39 bits per heavy atom. The molecule has 1 amide bonds. The highest BCUT2D eigenvalue weighted by atomic mass is 16.4. The number of carbonyl (C=O) groups is 3. The number of aromatic nitrogens is 2. The first kappa shape index (κ1) is 25.5. The van der Waals surface area contributed by atoms with Gasteiger partial charge in [0.15, 0.2) is 11.4 Å². The number of hydrogen-bond acceptors (Lipinski definition) is 11. The molecule has 0 spiro atoms. The van der Waals surface area contributed by atoms with Gasteiger partial charge in [-0.2, -0.15) is 0 Å². The fourth-order valence-electron chi connectivity index (χ4n) is 6.37. The zero-order chi connectivity index (χ0) is 27.8. The van der Waals surface area contributed by atoms with E-state index in [9.17, 15) is 39.9 Å². The minimum absolute atomic E-state index is 0.186. The van der Waals surface area contributed by atoms with E-state index in [0.717, 1.165) is 0 Å². The number of aromatic hydroxyl groups is 1.